The summed E-state index contributed by atoms with van der Waals surface area (Å²) in [5, 5.41) is 0. The van der Waals surface area contributed by atoms with Crippen LogP contribution >= 0.6 is 0 Å². The highest BCUT2D eigenvalue weighted by Crippen LogP contribution is 2.12. The molecule has 118 valence electrons. The van der Waals surface area contributed by atoms with Gasteiger partial charge in [0.1, 0.15) is 0 Å². The van der Waals surface area contributed by atoms with Gasteiger partial charge >= 0.3 is 0 Å². The SMILES string of the molecule is CCCCCCCCCCCCCN1C=CN(CC)C1. The van der Waals surface area contributed by atoms with E-state index in [1.807, 2.05) is 0 Å². The van der Waals surface area contributed by atoms with Gasteiger partial charge < -0.3 is 9.80 Å². The largest absolute Gasteiger partial charge is 0.359 e. The summed E-state index contributed by atoms with van der Waals surface area (Å²) in [5.41, 5.74) is 0. The van der Waals surface area contributed by atoms with Crippen LogP contribution < -0.4 is 0 Å². The van der Waals surface area contributed by atoms with Crippen LogP contribution in [0.25, 0.3) is 0 Å². The van der Waals surface area contributed by atoms with Crippen molar-refractivity contribution in [1.82, 2.24) is 9.80 Å². The first kappa shape index (κ1) is 17.4. The fourth-order valence-electron chi connectivity index (χ4n) is 2.85. The Kier molecular flexibility index (Phi) is 10.5. The van der Waals surface area contributed by atoms with Gasteiger partial charge in [-0.25, -0.2) is 0 Å². The van der Waals surface area contributed by atoms with Gasteiger partial charge in [0.15, 0.2) is 0 Å². The lowest BCUT2D eigenvalue weighted by molar-refractivity contribution is 0.268. The molecule has 0 spiro atoms. The Labute approximate surface area is 127 Å². The quantitative estimate of drug-likeness (QED) is 0.419. The highest BCUT2D eigenvalue weighted by atomic mass is 15.3. The minimum absolute atomic E-state index is 1.11. The second-order valence-corrected chi connectivity index (χ2v) is 6.19. The number of hydrogen-bond acceptors (Lipinski definition) is 2. The van der Waals surface area contributed by atoms with Gasteiger partial charge in [-0.2, -0.15) is 0 Å². The fourth-order valence-corrected chi connectivity index (χ4v) is 2.85. The Morgan fingerprint density at radius 1 is 0.650 bits per heavy atom. The number of unbranched alkanes of at least 4 members (excludes halogenated alkanes) is 10. The third-order valence-electron chi connectivity index (χ3n) is 4.31. The summed E-state index contributed by atoms with van der Waals surface area (Å²) in [6, 6.07) is 0. The Morgan fingerprint density at radius 2 is 1.15 bits per heavy atom. The van der Waals surface area contributed by atoms with E-state index >= 15 is 0 Å². The molecule has 0 unspecified atom stereocenters. The molecule has 0 radical (unpaired) electrons. The van der Waals surface area contributed by atoms with E-state index in [0.717, 1.165) is 13.2 Å². The van der Waals surface area contributed by atoms with Crippen molar-refractivity contribution in [2.75, 3.05) is 19.8 Å². The summed E-state index contributed by atoms with van der Waals surface area (Å²) in [5.74, 6) is 0. The molecule has 0 saturated carbocycles. The molecule has 0 aromatic carbocycles. The van der Waals surface area contributed by atoms with Crippen molar-refractivity contribution in [2.45, 2.75) is 84.5 Å². The monoisotopic (exact) mass is 280 g/mol. The molecule has 1 rings (SSSR count). The minimum atomic E-state index is 1.11. The molecule has 0 N–H and O–H groups in total. The molecular formula is C18H36N2. The van der Waals surface area contributed by atoms with Gasteiger partial charge in [0, 0.05) is 25.5 Å². The number of nitrogens with zero attached hydrogens (tertiary/aromatic N) is 2. The molecule has 0 bridgehead atoms. The zero-order valence-electron chi connectivity index (χ0n) is 13.9. The summed E-state index contributed by atoms with van der Waals surface area (Å²) < 4.78 is 0. The first-order valence-corrected chi connectivity index (χ1v) is 9.03. The first-order chi connectivity index (χ1) is 9.86. The molecule has 20 heavy (non-hydrogen) atoms. The van der Waals surface area contributed by atoms with E-state index in [1.165, 1.54) is 77.2 Å². The van der Waals surface area contributed by atoms with E-state index in [-0.39, 0.29) is 0 Å². The average molecular weight is 280 g/mol. The van der Waals surface area contributed by atoms with Crippen LogP contribution in [0.5, 0.6) is 0 Å². The highest BCUT2D eigenvalue weighted by Gasteiger charge is 2.08. The smallest absolute Gasteiger partial charge is 0.0893 e. The van der Waals surface area contributed by atoms with Crippen LogP contribution in [0.15, 0.2) is 12.4 Å². The number of rotatable bonds is 13. The summed E-state index contributed by atoms with van der Waals surface area (Å²) in [6.07, 6.45) is 20.2. The van der Waals surface area contributed by atoms with E-state index < -0.39 is 0 Å². The van der Waals surface area contributed by atoms with Gasteiger partial charge in [0.2, 0.25) is 0 Å². The van der Waals surface area contributed by atoms with Crippen LogP contribution in [0.1, 0.15) is 84.5 Å². The Morgan fingerprint density at radius 3 is 1.65 bits per heavy atom. The topological polar surface area (TPSA) is 6.48 Å². The van der Waals surface area contributed by atoms with Gasteiger partial charge in [-0.05, 0) is 13.3 Å². The maximum absolute atomic E-state index is 2.44. The maximum atomic E-state index is 2.44. The summed E-state index contributed by atoms with van der Waals surface area (Å²) in [7, 11) is 0. The van der Waals surface area contributed by atoms with Crippen LogP contribution in [-0.4, -0.2) is 29.6 Å². The molecule has 0 saturated heterocycles. The fraction of sp³-hybridized carbons (Fsp3) is 0.889. The number of hydrogen-bond donors (Lipinski definition) is 0. The van der Waals surface area contributed by atoms with E-state index in [2.05, 4.69) is 36.0 Å². The van der Waals surface area contributed by atoms with Crippen molar-refractivity contribution in [2.24, 2.45) is 0 Å². The molecule has 0 amide bonds. The third kappa shape index (κ3) is 8.50. The molecule has 0 aliphatic carbocycles. The molecular weight excluding hydrogens is 244 g/mol. The predicted molar refractivity (Wildman–Crippen MR) is 89.6 cm³/mol. The molecule has 0 aromatic heterocycles. The average Bonchev–Trinajstić information content (AvgIpc) is 2.93. The van der Waals surface area contributed by atoms with Gasteiger partial charge in [-0.3, -0.25) is 0 Å². The molecule has 0 fully saturated rings. The van der Waals surface area contributed by atoms with E-state index in [0.29, 0.717) is 0 Å². The van der Waals surface area contributed by atoms with Crippen molar-refractivity contribution in [3.05, 3.63) is 12.4 Å². The van der Waals surface area contributed by atoms with Gasteiger partial charge in [0.25, 0.3) is 0 Å². The van der Waals surface area contributed by atoms with Crippen LogP contribution in [0, 0.1) is 0 Å². The van der Waals surface area contributed by atoms with Crippen LogP contribution in [0.4, 0.5) is 0 Å². The van der Waals surface area contributed by atoms with Crippen LogP contribution in [-0.2, 0) is 0 Å². The van der Waals surface area contributed by atoms with E-state index in [4.69, 9.17) is 0 Å². The Hall–Kier alpha value is -0.660. The normalized spacial score (nSPS) is 14.5. The third-order valence-corrected chi connectivity index (χ3v) is 4.31. The molecule has 0 aromatic rings. The molecule has 1 heterocycles. The molecule has 1 aliphatic rings. The van der Waals surface area contributed by atoms with Crippen molar-refractivity contribution in [1.29, 1.82) is 0 Å². The molecule has 2 heteroatoms. The minimum Gasteiger partial charge on any atom is -0.359 e. The highest BCUT2D eigenvalue weighted by molar-refractivity contribution is 4.89. The van der Waals surface area contributed by atoms with Gasteiger partial charge in [-0.1, -0.05) is 71.1 Å². The van der Waals surface area contributed by atoms with E-state index in [9.17, 15) is 0 Å². The lowest BCUT2D eigenvalue weighted by Crippen LogP contribution is -2.25. The van der Waals surface area contributed by atoms with Crippen molar-refractivity contribution >= 4 is 0 Å². The lowest BCUT2D eigenvalue weighted by Gasteiger charge is -2.19. The zero-order valence-corrected chi connectivity index (χ0v) is 13.9. The summed E-state index contributed by atoms with van der Waals surface area (Å²) >= 11 is 0. The second kappa shape index (κ2) is 12.1. The predicted octanol–water partition coefficient (Wildman–Crippen LogP) is 5.36. The standard InChI is InChI=1S/C18H36N2/c1-3-5-6-7-8-9-10-11-12-13-14-15-20-17-16-19(4-2)18-20/h16-17H,3-15,18H2,1-2H3. The van der Waals surface area contributed by atoms with Crippen molar-refractivity contribution in [3.63, 3.8) is 0 Å². The zero-order chi connectivity index (χ0) is 14.5. The van der Waals surface area contributed by atoms with Gasteiger partial charge in [0.05, 0.1) is 6.67 Å². The van der Waals surface area contributed by atoms with Crippen LogP contribution in [0.3, 0.4) is 0 Å². The molecule has 1 aliphatic heterocycles. The molecule has 0 atom stereocenters. The summed E-state index contributed by atoms with van der Waals surface area (Å²) in [6.45, 7) is 7.98. The van der Waals surface area contributed by atoms with Crippen molar-refractivity contribution < 1.29 is 0 Å². The molecule has 2 nitrogen and oxygen atoms in total. The maximum Gasteiger partial charge on any atom is 0.0893 e. The Balaban J connectivity index is 1.76. The van der Waals surface area contributed by atoms with Gasteiger partial charge in [-0.15, -0.1) is 0 Å². The first-order valence-electron chi connectivity index (χ1n) is 9.03. The van der Waals surface area contributed by atoms with Crippen LogP contribution in [0.2, 0.25) is 0 Å². The lowest BCUT2D eigenvalue weighted by atomic mass is 10.1. The van der Waals surface area contributed by atoms with E-state index in [1.54, 1.807) is 0 Å². The summed E-state index contributed by atoms with van der Waals surface area (Å²) in [4.78, 5) is 4.80. The second-order valence-electron chi connectivity index (χ2n) is 6.19. The Bertz CT molecular complexity index is 238. The van der Waals surface area contributed by atoms with Crippen molar-refractivity contribution in [3.8, 4) is 0 Å².